The van der Waals surface area contributed by atoms with E-state index in [1.54, 1.807) is 38.4 Å². The predicted molar refractivity (Wildman–Crippen MR) is 109 cm³/mol. The van der Waals surface area contributed by atoms with Crippen LogP contribution in [0.2, 0.25) is 0 Å². The third-order valence-corrected chi connectivity index (χ3v) is 4.50. The van der Waals surface area contributed by atoms with Crippen LogP contribution in [0.25, 0.3) is 6.08 Å². The van der Waals surface area contributed by atoms with Gasteiger partial charge in [-0.25, -0.2) is 0 Å². The van der Waals surface area contributed by atoms with Gasteiger partial charge in [-0.15, -0.1) is 0 Å². The van der Waals surface area contributed by atoms with Gasteiger partial charge in [0.05, 0.1) is 5.56 Å². The molecule has 140 valence electrons. The second kappa shape index (κ2) is 8.08. The molecule has 0 fully saturated rings. The molecule has 28 heavy (non-hydrogen) atoms. The Morgan fingerprint density at radius 1 is 1.11 bits per heavy atom. The van der Waals surface area contributed by atoms with E-state index in [1.807, 2.05) is 36.4 Å². The second-order valence-corrected chi connectivity index (χ2v) is 6.81. The third kappa shape index (κ3) is 4.11. The molecule has 0 aromatic heterocycles. The van der Waals surface area contributed by atoms with E-state index in [9.17, 15) is 14.7 Å². The van der Waals surface area contributed by atoms with E-state index in [1.165, 1.54) is 17.1 Å². The summed E-state index contributed by atoms with van der Waals surface area (Å²) >= 11 is 0. The Balaban J connectivity index is 1.87. The van der Waals surface area contributed by atoms with Gasteiger partial charge in [-0.2, -0.15) is 0 Å². The molecule has 0 bridgehead atoms. The zero-order valence-corrected chi connectivity index (χ0v) is 15.8. The second-order valence-electron chi connectivity index (χ2n) is 6.81. The molecule has 1 unspecified atom stereocenters. The van der Waals surface area contributed by atoms with Crippen molar-refractivity contribution in [2.24, 2.45) is 0 Å². The number of allylic oxidation sites excluding steroid dienone is 1. The molecule has 1 amide bonds. The quantitative estimate of drug-likeness (QED) is 0.666. The van der Waals surface area contributed by atoms with Gasteiger partial charge in [0.1, 0.15) is 5.60 Å². The molecule has 3 rings (SSSR count). The average Bonchev–Trinajstić information content (AvgIpc) is 2.97. The van der Waals surface area contributed by atoms with Crippen LogP contribution in [-0.4, -0.2) is 41.4 Å². The molecule has 1 aliphatic rings. The first-order chi connectivity index (χ1) is 13.4. The summed E-state index contributed by atoms with van der Waals surface area (Å²) in [7, 11) is 3.37. The number of carbonyl (C=O) groups is 2. The van der Waals surface area contributed by atoms with Crippen molar-refractivity contribution in [1.82, 2.24) is 4.90 Å². The minimum Gasteiger partial charge on any atom is -0.380 e. The molecule has 0 saturated carbocycles. The van der Waals surface area contributed by atoms with Crippen LogP contribution in [0.1, 0.15) is 27.9 Å². The highest BCUT2D eigenvalue weighted by Gasteiger charge is 2.36. The van der Waals surface area contributed by atoms with Crippen molar-refractivity contribution in [2.75, 3.05) is 14.1 Å². The molecule has 0 aliphatic heterocycles. The molecule has 0 heterocycles. The summed E-state index contributed by atoms with van der Waals surface area (Å²) in [6.07, 6.45) is 4.60. The number of carbonyl (C=O) groups excluding carboxylic acids is 2. The van der Waals surface area contributed by atoms with E-state index in [4.69, 9.17) is 0 Å². The maximum absolute atomic E-state index is 12.3. The summed E-state index contributed by atoms with van der Waals surface area (Å²) in [5.74, 6) is 5.55. The molecule has 2 aromatic rings. The van der Waals surface area contributed by atoms with Crippen LogP contribution >= 0.6 is 0 Å². The van der Waals surface area contributed by atoms with Gasteiger partial charge >= 0.3 is 0 Å². The van der Waals surface area contributed by atoms with Gasteiger partial charge < -0.3 is 10.0 Å². The Morgan fingerprint density at radius 2 is 1.79 bits per heavy atom. The summed E-state index contributed by atoms with van der Waals surface area (Å²) < 4.78 is 0. The zero-order chi connectivity index (χ0) is 20.1. The maximum Gasteiger partial charge on any atom is 0.254 e. The Labute approximate surface area is 164 Å². The molecule has 0 radical (unpaired) electrons. The van der Waals surface area contributed by atoms with Crippen LogP contribution < -0.4 is 0 Å². The van der Waals surface area contributed by atoms with Crippen LogP contribution in [0.15, 0.2) is 72.3 Å². The highest BCUT2D eigenvalue weighted by atomic mass is 16.3. The molecule has 1 atom stereocenters. The molecule has 1 N–H and O–H groups in total. The summed E-state index contributed by atoms with van der Waals surface area (Å²) in [6, 6.07) is 16.5. The Hall–Kier alpha value is -3.42. The third-order valence-electron chi connectivity index (χ3n) is 4.50. The molecule has 2 aromatic carbocycles. The van der Waals surface area contributed by atoms with Crippen molar-refractivity contribution in [3.05, 3.63) is 89.0 Å². The lowest BCUT2D eigenvalue weighted by molar-refractivity contribution is -0.111. The van der Waals surface area contributed by atoms with E-state index in [2.05, 4.69) is 11.8 Å². The van der Waals surface area contributed by atoms with Crippen molar-refractivity contribution >= 4 is 17.8 Å². The van der Waals surface area contributed by atoms with Crippen molar-refractivity contribution in [3.63, 3.8) is 0 Å². The Kier molecular flexibility index (Phi) is 5.58. The summed E-state index contributed by atoms with van der Waals surface area (Å²) in [5.41, 5.74) is 0.783. The van der Waals surface area contributed by atoms with Crippen LogP contribution in [0.4, 0.5) is 0 Å². The van der Waals surface area contributed by atoms with Gasteiger partial charge in [0.15, 0.2) is 5.78 Å². The zero-order valence-electron chi connectivity index (χ0n) is 15.8. The average molecular weight is 371 g/mol. The number of rotatable bonds is 3. The van der Waals surface area contributed by atoms with Gasteiger partial charge in [0, 0.05) is 31.7 Å². The van der Waals surface area contributed by atoms with Crippen molar-refractivity contribution < 1.29 is 14.7 Å². The highest BCUT2D eigenvalue weighted by molar-refractivity contribution is 6.12. The fraction of sp³-hybridized carbons (Fsp3) is 0.167. The fourth-order valence-corrected chi connectivity index (χ4v) is 2.97. The largest absolute Gasteiger partial charge is 0.380 e. The van der Waals surface area contributed by atoms with E-state index in [0.717, 1.165) is 5.56 Å². The lowest BCUT2D eigenvalue weighted by Gasteiger charge is -2.19. The first-order valence-electron chi connectivity index (χ1n) is 8.93. The first kappa shape index (κ1) is 19.3. The topological polar surface area (TPSA) is 57.6 Å². The number of hydrogen-bond acceptors (Lipinski definition) is 3. The Morgan fingerprint density at radius 3 is 2.50 bits per heavy atom. The standard InChI is InChI=1S/C24H21NO3/c1-25(2)23(27)20-13-7-6-11-19(20)12-8-15-24(28)16-14-22(26)21(24)17-18-9-4-3-5-10-18/h3-7,9-11,13-14,16-17,28H,15H2,1-2H3/b21-17-. The molecule has 4 heteroatoms. The van der Waals surface area contributed by atoms with Gasteiger partial charge in [0.2, 0.25) is 0 Å². The van der Waals surface area contributed by atoms with Crippen LogP contribution in [0.3, 0.4) is 0 Å². The minimum atomic E-state index is -1.44. The number of nitrogens with zero attached hydrogens (tertiary/aromatic N) is 1. The normalized spacial score (nSPS) is 19.4. The van der Waals surface area contributed by atoms with Crippen LogP contribution in [0, 0.1) is 11.8 Å². The Bertz CT molecular complexity index is 1020. The SMILES string of the molecule is CN(C)C(=O)c1ccccc1C#CCC1(O)C=CC(=O)/C1=C/c1ccccc1. The minimum absolute atomic E-state index is 0.0540. The van der Waals surface area contributed by atoms with Crippen molar-refractivity contribution in [1.29, 1.82) is 0 Å². The van der Waals surface area contributed by atoms with Gasteiger partial charge in [-0.05, 0) is 35.9 Å². The summed E-state index contributed by atoms with van der Waals surface area (Å²) in [4.78, 5) is 26.0. The number of aliphatic hydroxyl groups is 1. The van der Waals surface area contributed by atoms with Crippen molar-refractivity contribution in [2.45, 2.75) is 12.0 Å². The molecule has 4 nitrogen and oxygen atoms in total. The summed E-state index contributed by atoms with van der Waals surface area (Å²) in [6.45, 7) is 0. The number of amides is 1. The maximum atomic E-state index is 12.3. The molecular weight excluding hydrogens is 350 g/mol. The fourth-order valence-electron chi connectivity index (χ4n) is 2.97. The van der Waals surface area contributed by atoms with E-state index < -0.39 is 5.60 Å². The predicted octanol–water partition coefficient (Wildman–Crippen LogP) is 3.08. The lowest BCUT2D eigenvalue weighted by Crippen LogP contribution is -2.27. The monoisotopic (exact) mass is 371 g/mol. The lowest BCUT2D eigenvalue weighted by atomic mass is 9.91. The van der Waals surface area contributed by atoms with Crippen LogP contribution in [-0.2, 0) is 4.79 Å². The molecule has 1 aliphatic carbocycles. The van der Waals surface area contributed by atoms with E-state index >= 15 is 0 Å². The number of ketones is 1. The van der Waals surface area contributed by atoms with Gasteiger partial charge in [-0.1, -0.05) is 54.3 Å². The van der Waals surface area contributed by atoms with Gasteiger partial charge in [0.25, 0.3) is 5.91 Å². The molecule has 0 spiro atoms. The van der Waals surface area contributed by atoms with Gasteiger partial charge in [-0.3, -0.25) is 9.59 Å². The van der Waals surface area contributed by atoms with Crippen LogP contribution in [0.5, 0.6) is 0 Å². The molecule has 0 saturated heterocycles. The summed E-state index contributed by atoms with van der Waals surface area (Å²) in [5, 5.41) is 11.0. The molecular formula is C24H21NO3. The smallest absolute Gasteiger partial charge is 0.254 e. The number of hydrogen-bond donors (Lipinski definition) is 1. The van der Waals surface area contributed by atoms with E-state index in [-0.39, 0.29) is 18.1 Å². The first-order valence-corrected chi connectivity index (χ1v) is 8.93. The van der Waals surface area contributed by atoms with E-state index in [0.29, 0.717) is 16.7 Å². The highest BCUT2D eigenvalue weighted by Crippen LogP contribution is 2.31. The van der Waals surface area contributed by atoms with Crippen molar-refractivity contribution in [3.8, 4) is 11.8 Å². The number of benzene rings is 2.